The Morgan fingerprint density at radius 2 is 1.85 bits per heavy atom. The largest absolute Gasteiger partial charge is 0.375 e. The average Bonchev–Trinajstić information content (AvgIpc) is 2.90. The second-order valence-electron chi connectivity index (χ2n) is 6.37. The SMILES string of the molecule is COCC(=O)Nc1cccc(N[C@@H]2CC(=O)N(c3ccc(C)cc3)C2=O)c1. The van der Waals surface area contributed by atoms with E-state index in [1.54, 1.807) is 36.4 Å². The number of carbonyl (C=O) groups is 3. The van der Waals surface area contributed by atoms with Crippen molar-refractivity contribution in [1.82, 2.24) is 0 Å². The molecule has 0 aromatic heterocycles. The lowest BCUT2D eigenvalue weighted by Crippen LogP contribution is -2.34. The van der Waals surface area contributed by atoms with E-state index in [9.17, 15) is 14.4 Å². The minimum Gasteiger partial charge on any atom is -0.375 e. The van der Waals surface area contributed by atoms with E-state index in [2.05, 4.69) is 10.6 Å². The van der Waals surface area contributed by atoms with Gasteiger partial charge in [-0.1, -0.05) is 23.8 Å². The maximum Gasteiger partial charge on any atom is 0.256 e. The van der Waals surface area contributed by atoms with Gasteiger partial charge in [0.15, 0.2) is 0 Å². The van der Waals surface area contributed by atoms with Crippen molar-refractivity contribution in [2.45, 2.75) is 19.4 Å². The Bertz CT molecular complexity index is 864. The van der Waals surface area contributed by atoms with E-state index in [1.807, 2.05) is 19.1 Å². The molecular formula is C20H21N3O4. The first-order valence-corrected chi connectivity index (χ1v) is 8.57. The van der Waals surface area contributed by atoms with Gasteiger partial charge in [-0.3, -0.25) is 14.4 Å². The number of hydrogen-bond acceptors (Lipinski definition) is 5. The van der Waals surface area contributed by atoms with E-state index in [0.717, 1.165) is 5.56 Å². The molecule has 140 valence electrons. The molecule has 3 rings (SSSR count). The van der Waals surface area contributed by atoms with Crippen LogP contribution in [0.15, 0.2) is 48.5 Å². The number of aryl methyl sites for hydroxylation is 1. The molecule has 2 N–H and O–H groups in total. The molecule has 7 heteroatoms. The number of hydrogen-bond donors (Lipinski definition) is 2. The van der Waals surface area contributed by atoms with Crippen LogP contribution in [-0.4, -0.2) is 37.5 Å². The predicted octanol–water partition coefficient (Wildman–Crippen LogP) is 2.32. The van der Waals surface area contributed by atoms with E-state index in [0.29, 0.717) is 17.1 Å². The highest BCUT2D eigenvalue weighted by Gasteiger charge is 2.39. The summed E-state index contributed by atoms with van der Waals surface area (Å²) in [5.74, 6) is -0.809. The zero-order valence-electron chi connectivity index (χ0n) is 15.2. The van der Waals surface area contributed by atoms with Gasteiger partial charge in [0.05, 0.1) is 12.1 Å². The monoisotopic (exact) mass is 367 g/mol. The van der Waals surface area contributed by atoms with Gasteiger partial charge in [-0.25, -0.2) is 4.90 Å². The molecular weight excluding hydrogens is 346 g/mol. The van der Waals surface area contributed by atoms with Crippen molar-refractivity contribution in [3.63, 3.8) is 0 Å². The van der Waals surface area contributed by atoms with E-state index in [-0.39, 0.29) is 30.7 Å². The summed E-state index contributed by atoms with van der Waals surface area (Å²) in [6, 6.07) is 13.6. The van der Waals surface area contributed by atoms with Gasteiger partial charge < -0.3 is 15.4 Å². The van der Waals surface area contributed by atoms with Gasteiger partial charge in [0, 0.05) is 18.5 Å². The number of ether oxygens (including phenoxy) is 1. The number of carbonyl (C=O) groups excluding carboxylic acids is 3. The normalized spacial score (nSPS) is 16.5. The Hall–Kier alpha value is -3.19. The van der Waals surface area contributed by atoms with Gasteiger partial charge in [-0.2, -0.15) is 0 Å². The van der Waals surface area contributed by atoms with Crippen molar-refractivity contribution in [3.8, 4) is 0 Å². The fourth-order valence-electron chi connectivity index (χ4n) is 2.93. The van der Waals surface area contributed by atoms with Gasteiger partial charge in [0.2, 0.25) is 11.8 Å². The maximum absolute atomic E-state index is 12.7. The predicted molar refractivity (Wildman–Crippen MR) is 103 cm³/mol. The molecule has 7 nitrogen and oxygen atoms in total. The van der Waals surface area contributed by atoms with E-state index in [1.165, 1.54) is 12.0 Å². The summed E-state index contributed by atoms with van der Waals surface area (Å²) in [6.45, 7) is 1.90. The minimum absolute atomic E-state index is 0.0429. The Balaban J connectivity index is 1.71. The van der Waals surface area contributed by atoms with E-state index in [4.69, 9.17) is 4.74 Å². The number of methoxy groups -OCH3 is 1. The molecule has 0 radical (unpaired) electrons. The van der Waals surface area contributed by atoms with Crippen LogP contribution in [0.3, 0.4) is 0 Å². The lowest BCUT2D eigenvalue weighted by atomic mass is 10.2. The highest BCUT2D eigenvalue weighted by atomic mass is 16.5. The molecule has 1 atom stereocenters. The van der Waals surface area contributed by atoms with Gasteiger partial charge in [0.1, 0.15) is 12.6 Å². The van der Waals surface area contributed by atoms with Crippen molar-refractivity contribution >= 4 is 34.8 Å². The Morgan fingerprint density at radius 1 is 1.15 bits per heavy atom. The molecule has 1 fully saturated rings. The van der Waals surface area contributed by atoms with Crippen LogP contribution in [0.5, 0.6) is 0 Å². The van der Waals surface area contributed by atoms with Crippen LogP contribution < -0.4 is 15.5 Å². The van der Waals surface area contributed by atoms with Crippen molar-refractivity contribution in [2.24, 2.45) is 0 Å². The molecule has 3 amide bonds. The van der Waals surface area contributed by atoms with E-state index < -0.39 is 6.04 Å². The fourth-order valence-corrected chi connectivity index (χ4v) is 2.93. The summed E-state index contributed by atoms with van der Waals surface area (Å²) < 4.78 is 4.79. The molecule has 0 spiro atoms. The van der Waals surface area contributed by atoms with Gasteiger partial charge in [0.25, 0.3) is 5.91 Å². The van der Waals surface area contributed by atoms with Crippen molar-refractivity contribution < 1.29 is 19.1 Å². The maximum atomic E-state index is 12.7. The second-order valence-corrected chi connectivity index (χ2v) is 6.37. The lowest BCUT2D eigenvalue weighted by molar-refractivity contribution is -0.121. The van der Waals surface area contributed by atoms with Crippen LogP contribution in [-0.2, 0) is 19.1 Å². The van der Waals surface area contributed by atoms with Crippen LogP contribution in [0.1, 0.15) is 12.0 Å². The summed E-state index contributed by atoms with van der Waals surface area (Å²) in [5, 5.41) is 5.79. The Kier molecular flexibility index (Phi) is 5.52. The fraction of sp³-hybridized carbons (Fsp3) is 0.250. The highest BCUT2D eigenvalue weighted by Crippen LogP contribution is 2.26. The molecule has 2 aromatic rings. The van der Waals surface area contributed by atoms with Crippen molar-refractivity contribution in [1.29, 1.82) is 0 Å². The molecule has 0 saturated carbocycles. The number of anilines is 3. The van der Waals surface area contributed by atoms with Gasteiger partial charge in [-0.05, 0) is 37.3 Å². The molecule has 1 heterocycles. The van der Waals surface area contributed by atoms with Crippen LogP contribution >= 0.6 is 0 Å². The first kappa shape index (κ1) is 18.6. The summed E-state index contributed by atoms with van der Waals surface area (Å²) in [7, 11) is 1.44. The quantitative estimate of drug-likeness (QED) is 0.765. The third kappa shape index (κ3) is 4.32. The van der Waals surface area contributed by atoms with Crippen molar-refractivity contribution in [3.05, 3.63) is 54.1 Å². The molecule has 1 saturated heterocycles. The topological polar surface area (TPSA) is 87.7 Å². The number of nitrogens with zero attached hydrogens (tertiary/aromatic N) is 1. The third-order valence-corrected chi connectivity index (χ3v) is 4.20. The summed E-state index contributed by atoms with van der Waals surface area (Å²) in [6.07, 6.45) is 0.0764. The molecule has 1 aliphatic heterocycles. The number of amides is 3. The Morgan fingerprint density at radius 3 is 2.56 bits per heavy atom. The molecule has 2 aromatic carbocycles. The van der Waals surface area contributed by atoms with Crippen LogP contribution in [0.2, 0.25) is 0 Å². The average molecular weight is 367 g/mol. The minimum atomic E-state index is -0.649. The highest BCUT2D eigenvalue weighted by molar-refractivity contribution is 6.23. The lowest BCUT2D eigenvalue weighted by Gasteiger charge is -2.16. The molecule has 0 bridgehead atoms. The van der Waals surface area contributed by atoms with Gasteiger partial charge in [-0.15, -0.1) is 0 Å². The van der Waals surface area contributed by atoms with Gasteiger partial charge >= 0.3 is 0 Å². The van der Waals surface area contributed by atoms with Crippen LogP contribution in [0, 0.1) is 6.92 Å². The summed E-state index contributed by atoms with van der Waals surface area (Å²) in [4.78, 5) is 37.9. The molecule has 0 unspecified atom stereocenters. The first-order chi connectivity index (χ1) is 13.0. The van der Waals surface area contributed by atoms with Crippen LogP contribution in [0.4, 0.5) is 17.1 Å². The van der Waals surface area contributed by atoms with E-state index >= 15 is 0 Å². The zero-order chi connectivity index (χ0) is 19.4. The van der Waals surface area contributed by atoms with Crippen LogP contribution in [0.25, 0.3) is 0 Å². The number of nitrogens with one attached hydrogen (secondary N) is 2. The number of rotatable bonds is 6. The number of imide groups is 1. The smallest absolute Gasteiger partial charge is 0.256 e. The number of benzene rings is 2. The zero-order valence-corrected chi connectivity index (χ0v) is 15.2. The second kappa shape index (κ2) is 8.01. The molecule has 1 aliphatic rings. The third-order valence-electron chi connectivity index (χ3n) is 4.20. The summed E-state index contributed by atoms with van der Waals surface area (Å²) in [5.41, 5.74) is 2.84. The Labute approximate surface area is 157 Å². The summed E-state index contributed by atoms with van der Waals surface area (Å²) >= 11 is 0. The first-order valence-electron chi connectivity index (χ1n) is 8.57. The standard InChI is InChI=1S/C20H21N3O4/c1-13-6-8-16(9-7-13)23-19(25)11-17(20(23)26)21-14-4-3-5-15(10-14)22-18(24)12-27-2/h3-10,17,21H,11-12H2,1-2H3,(H,22,24)/t17-/m1/s1. The molecule has 0 aliphatic carbocycles. The molecule has 27 heavy (non-hydrogen) atoms. The van der Waals surface area contributed by atoms with Crippen molar-refractivity contribution in [2.75, 3.05) is 29.3 Å².